The molecule has 1 aliphatic heterocycles. The molecule has 1 atom stereocenters. The SMILES string of the molecule is CC(=O)CC1CCCCN1CCS(=O)(=O)C(C)(C)C. The van der Waals surface area contributed by atoms with Gasteiger partial charge in [0.15, 0.2) is 9.84 Å². The van der Waals surface area contributed by atoms with Crippen LogP contribution in [0.2, 0.25) is 0 Å². The van der Waals surface area contributed by atoms with Gasteiger partial charge in [0.25, 0.3) is 0 Å². The van der Waals surface area contributed by atoms with Crippen molar-refractivity contribution in [1.82, 2.24) is 4.90 Å². The Morgan fingerprint density at radius 3 is 2.42 bits per heavy atom. The third-order valence-corrected chi connectivity index (χ3v) is 6.44. The molecule has 0 aromatic rings. The summed E-state index contributed by atoms with van der Waals surface area (Å²) in [6.07, 6.45) is 3.80. The van der Waals surface area contributed by atoms with Crippen molar-refractivity contribution in [2.24, 2.45) is 0 Å². The summed E-state index contributed by atoms with van der Waals surface area (Å²) in [5, 5.41) is 0. The van der Waals surface area contributed by atoms with E-state index in [9.17, 15) is 13.2 Å². The van der Waals surface area contributed by atoms with Gasteiger partial charge < -0.3 is 0 Å². The Labute approximate surface area is 117 Å². The molecule has 0 aliphatic carbocycles. The summed E-state index contributed by atoms with van der Waals surface area (Å²) in [6, 6.07) is 0.237. The first kappa shape index (κ1) is 16.6. The molecule has 112 valence electrons. The number of piperidine rings is 1. The van der Waals surface area contributed by atoms with Gasteiger partial charge in [0.2, 0.25) is 0 Å². The molecule has 1 aliphatic rings. The van der Waals surface area contributed by atoms with Crippen LogP contribution in [0.15, 0.2) is 0 Å². The van der Waals surface area contributed by atoms with Crippen LogP contribution in [0, 0.1) is 0 Å². The summed E-state index contributed by atoms with van der Waals surface area (Å²) in [5.74, 6) is 0.376. The van der Waals surface area contributed by atoms with Crippen LogP contribution in [0.25, 0.3) is 0 Å². The van der Waals surface area contributed by atoms with Crippen molar-refractivity contribution in [2.45, 2.75) is 64.2 Å². The zero-order valence-corrected chi connectivity index (χ0v) is 13.4. The molecule has 1 saturated heterocycles. The van der Waals surface area contributed by atoms with Crippen LogP contribution >= 0.6 is 0 Å². The minimum atomic E-state index is -3.08. The molecule has 0 radical (unpaired) electrons. The first-order chi connectivity index (χ1) is 8.63. The normalized spacial score (nSPS) is 22.4. The maximum Gasteiger partial charge on any atom is 0.156 e. The summed E-state index contributed by atoms with van der Waals surface area (Å²) in [6.45, 7) is 8.30. The number of Topliss-reactive ketones (excluding diaryl/α,β-unsaturated/α-hetero) is 1. The molecule has 0 bridgehead atoms. The monoisotopic (exact) mass is 289 g/mol. The summed E-state index contributed by atoms with van der Waals surface area (Å²) in [7, 11) is -3.08. The molecule has 0 spiro atoms. The van der Waals surface area contributed by atoms with E-state index >= 15 is 0 Å². The average Bonchev–Trinajstić information content (AvgIpc) is 2.25. The van der Waals surface area contributed by atoms with E-state index in [1.807, 2.05) is 0 Å². The highest BCUT2D eigenvalue weighted by atomic mass is 32.2. The molecular weight excluding hydrogens is 262 g/mol. The van der Waals surface area contributed by atoms with Crippen LogP contribution in [0.5, 0.6) is 0 Å². The molecule has 0 amide bonds. The zero-order chi connectivity index (χ0) is 14.7. The smallest absolute Gasteiger partial charge is 0.156 e. The standard InChI is InChI=1S/C14H27NO3S/c1-12(16)11-13-7-5-6-8-15(13)9-10-19(17,18)14(2,3)4/h13H,5-11H2,1-4H3. The third kappa shape index (κ3) is 4.88. The highest BCUT2D eigenvalue weighted by molar-refractivity contribution is 7.92. The van der Waals surface area contributed by atoms with Crippen molar-refractivity contribution in [2.75, 3.05) is 18.8 Å². The molecule has 19 heavy (non-hydrogen) atoms. The number of carbonyl (C=O) groups is 1. The lowest BCUT2D eigenvalue weighted by Gasteiger charge is -2.35. The van der Waals surface area contributed by atoms with Gasteiger partial charge in [-0.25, -0.2) is 8.42 Å². The van der Waals surface area contributed by atoms with Gasteiger partial charge in [-0.3, -0.25) is 9.69 Å². The highest BCUT2D eigenvalue weighted by Gasteiger charge is 2.31. The molecule has 0 aromatic carbocycles. The van der Waals surface area contributed by atoms with Gasteiger partial charge in [0.1, 0.15) is 5.78 Å². The summed E-state index contributed by atoms with van der Waals surface area (Å²) < 4.78 is 23.6. The van der Waals surface area contributed by atoms with Crippen LogP contribution in [0.1, 0.15) is 53.4 Å². The fraction of sp³-hybridized carbons (Fsp3) is 0.929. The molecule has 1 fully saturated rings. The number of nitrogens with zero attached hydrogens (tertiary/aromatic N) is 1. The van der Waals surface area contributed by atoms with Gasteiger partial charge in [-0.1, -0.05) is 6.42 Å². The third-order valence-electron chi connectivity index (χ3n) is 3.85. The predicted octanol–water partition coefficient (Wildman–Crippen LogP) is 2.03. The minimum Gasteiger partial charge on any atom is -0.300 e. The molecule has 1 heterocycles. The van der Waals surface area contributed by atoms with E-state index in [0.717, 1.165) is 25.8 Å². The molecule has 1 unspecified atom stereocenters. The lowest BCUT2D eigenvalue weighted by atomic mass is 9.98. The topological polar surface area (TPSA) is 54.5 Å². The molecule has 4 nitrogen and oxygen atoms in total. The van der Waals surface area contributed by atoms with Crippen molar-refractivity contribution >= 4 is 15.6 Å². The van der Waals surface area contributed by atoms with Crippen LogP contribution in [-0.2, 0) is 14.6 Å². The molecule has 0 aromatic heterocycles. The quantitative estimate of drug-likeness (QED) is 0.777. The summed E-state index contributed by atoms with van der Waals surface area (Å²) in [4.78, 5) is 13.5. The van der Waals surface area contributed by atoms with E-state index in [-0.39, 0.29) is 17.6 Å². The number of carbonyl (C=O) groups excluding carboxylic acids is 1. The predicted molar refractivity (Wildman–Crippen MR) is 78.0 cm³/mol. The van der Waals surface area contributed by atoms with E-state index in [2.05, 4.69) is 4.90 Å². The van der Waals surface area contributed by atoms with Gasteiger partial charge in [0, 0.05) is 19.0 Å². The zero-order valence-electron chi connectivity index (χ0n) is 12.6. The maximum absolute atomic E-state index is 12.1. The van der Waals surface area contributed by atoms with Gasteiger partial charge >= 0.3 is 0 Å². The highest BCUT2D eigenvalue weighted by Crippen LogP contribution is 2.21. The molecular formula is C14H27NO3S. The summed E-state index contributed by atoms with van der Waals surface area (Å²) in [5.41, 5.74) is 0. The molecule has 0 saturated carbocycles. The van der Waals surface area contributed by atoms with Gasteiger partial charge in [-0.05, 0) is 47.1 Å². The lowest BCUT2D eigenvalue weighted by Crippen LogP contribution is -2.44. The van der Waals surface area contributed by atoms with Crippen molar-refractivity contribution in [3.8, 4) is 0 Å². The second-order valence-electron chi connectivity index (χ2n) is 6.52. The van der Waals surface area contributed by atoms with E-state index in [1.54, 1.807) is 27.7 Å². The van der Waals surface area contributed by atoms with Crippen molar-refractivity contribution in [3.05, 3.63) is 0 Å². The van der Waals surface area contributed by atoms with Crippen LogP contribution < -0.4 is 0 Å². The van der Waals surface area contributed by atoms with Crippen LogP contribution in [0.3, 0.4) is 0 Å². The van der Waals surface area contributed by atoms with E-state index in [0.29, 0.717) is 13.0 Å². The van der Waals surface area contributed by atoms with E-state index in [4.69, 9.17) is 0 Å². The Bertz CT molecular complexity index is 409. The van der Waals surface area contributed by atoms with Crippen LogP contribution in [-0.4, -0.2) is 48.7 Å². The van der Waals surface area contributed by atoms with Gasteiger partial charge in [-0.2, -0.15) is 0 Å². The Hall–Kier alpha value is -0.420. The Morgan fingerprint density at radius 1 is 1.26 bits per heavy atom. The maximum atomic E-state index is 12.1. The van der Waals surface area contributed by atoms with Crippen molar-refractivity contribution in [1.29, 1.82) is 0 Å². The first-order valence-electron chi connectivity index (χ1n) is 7.09. The number of hydrogen-bond donors (Lipinski definition) is 0. The Balaban J connectivity index is 2.61. The van der Waals surface area contributed by atoms with Crippen molar-refractivity contribution < 1.29 is 13.2 Å². The minimum absolute atomic E-state index is 0.185. The number of sulfone groups is 1. The molecule has 0 N–H and O–H groups in total. The number of likely N-dealkylation sites (tertiary alicyclic amines) is 1. The lowest BCUT2D eigenvalue weighted by molar-refractivity contribution is -0.118. The second kappa shape index (κ2) is 6.35. The van der Waals surface area contributed by atoms with Gasteiger partial charge in [-0.15, -0.1) is 0 Å². The Kier molecular flexibility index (Phi) is 5.56. The second-order valence-corrected chi connectivity index (χ2v) is 9.39. The fourth-order valence-electron chi connectivity index (χ4n) is 2.46. The number of hydrogen-bond acceptors (Lipinski definition) is 4. The Morgan fingerprint density at radius 2 is 1.89 bits per heavy atom. The number of rotatable bonds is 5. The molecule has 5 heteroatoms. The van der Waals surface area contributed by atoms with E-state index in [1.165, 1.54) is 0 Å². The van der Waals surface area contributed by atoms with E-state index < -0.39 is 14.6 Å². The first-order valence-corrected chi connectivity index (χ1v) is 8.74. The number of ketones is 1. The van der Waals surface area contributed by atoms with Crippen LogP contribution in [0.4, 0.5) is 0 Å². The molecule has 1 rings (SSSR count). The summed E-state index contributed by atoms with van der Waals surface area (Å²) >= 11 is 0. The average molecular weight is 289 g/mol. The van der Waals surface area contributed by atoms with Gasteiger partial charge in [0.05, 0.1) is 10.5 Å². The largest absolute Gasteiger partial charge is 0.300 e. The van der Waals surface area contributed by atoms with Crippen molar-refractivity contribution in [3.63, 3.8) is 0 Å². The fourth-order valence-corrected chi connectivity index (χ4v) is 3.55.